The molecular formula is C24H29NO6S2. The molecule has 0 spiro atoms. The second-order valence-electron chi connectivity index (χ2n) is 7.25. The lowest BCUT2D eigenvalue weighted by atomic mass is 10.2. The lowest BCUT2D eigenvalue weighted by molar-refractivity contribution is -0.134. The predicted octanol–water partition coefficient (Wildman–Crippen LogP) is 4.28. The van der Waals surface area contributed by atoms with Crippen LogP contribution in [0.25, 0.3) is 0 Å². The van der Waals surface area contributed by atoms with Gasteiger partial charge in [0.05, 0.1) is 13.2 Å². The van der Waals surface area contributed by atoms with Gasteiger partial charge in [-0.05, 0) is 36.7 Å². The Morgan fingerprint density at radius 3 is 2.55 bits per heavy atom. The maximum Gasteiger partial charge on any atom is 0.328 e. The third-order valence-electron chi connectivity index (χ3n) is 4.45. The van der Waals surface area contributed by atoms with Crippen LogP contribution in [-0.4, -0.2) is 60.0 Å². The zero-order valence-corrected chi connectivity index (χ0v) is 20.2. The van der Waals surface area contributed by atoms with Gasteiger partial charge in [-0.15, -0.1) is 23.5 Å². The molecule has 0 aromatic heterocycles. The molecule has 178 valence electrons. The summed E-state index contributed by atoms with van der Waals surface area (Å²) >= 11 is 3.73. The fourth-order valence-corrected chi connectivity index (χ4v) is 4.86. The maximum absolute atomic E-state index is 9.55. The van der Waals surface area contributed by atoms with Gasteiger partial charge in [-0.2, -0.15) is 0 Å². The number of rotatable bonds is 9. The van der Waals surface area contributed by atoms with Crippen molar-refractivity contribution in [2.75, 3.05) is 31.8 Å². The van der Waals surface area contributed by atoms with Crippen LogP contribution in [0.4, 0.5) is 0 Å². The van der Waals surface area contributed by atoms with Crippen LogP contribution in [0.15, 0.2) is 70.5 Å². The number of hydrogen-bond donors (Lipinski definition) is 3. The Morgan fingerprint density at radius 2 is 1.85 bits per heavy atom. The summed E-state index contributed by atoms with van der Waals surface area (Å²) in [6.45, 7) is 4.01. The summed E-state index contributed by atoms with van der Waals surface area (Å²) < 4.78 is 11.4. The van der Waals surface area contributed by atoms with Crippen molar-refractivity contribution in [3.8, 4) is 11.5 Å². The van der Waals surface area contributed by atoms with Crippen LogP contribution in [0.5, 0.6) is 11.5 Å². The smallest absolute Gasteiger partial charge is 0.328 e. The Hall–Kier alpha value is -2.62. The van der Waals surface area contributed by atoms with E-state index in [1.54, 1.807) is 7.11 Å². The molecule has 7 nitrogen and oxygen atoms in total. The van der Waals surface area contributed by atoms with Gasteiger partial charge in [0.15, 0.2) is 0 Å². The van der Waals surface area contributed by atoms with E-state index in [4.69, 9.17) is 19.7 Å². The van der Waals surface area contributed by atoms with E-state index in [0.29, 0.717) is 24.1 Å². The Morgan fingerprint density at radius 1 is 1.18 bits per heavy atom. The van der Waals surface area contributed by atoms with Crippen LogP contribution in [0.2, 0.25) is 0 Å². The summed E-state index contributed by atoms with van der Waals surface area (Å²) in [6, 6.07) is 16.9. The van der Waals surface area contributed by atoms with E-state index in [1.807, 2.05) is 41.7 Å². The SMILES string of the molecule is COc1ccccc1SC[C@@H](C)CN[C@H]1COc2ccccc2SC1.O=C(O)/C=C/C(=O)O. The molecule has 0 saturated heterocycles. The maximum atomic E-state index is 9.55. The molecule has 33 heavy (non-hydrogen) atoms. The summed E-state index contributed by atoms with van der Waals surface area (Å²) in [5.41, 5.74) is 0. The molecule has 3 N–H and O–H groups in total. The Kier molecular flexibility index (Phi) is 11.7. The predicted molar refractivity (Wildman–Crippen MR) is 132 cm³/mol. The first-order chi connectivity index (χ1) is 15.9. The van der Waals surface area contributed by atoms with E-state index < -0.39 is 11.9 Å². The third kappa shape index (κ3) is 10.2. The van der Waals surface area contributed by atoms with Crippen LogP contribution >= 0.6 is 23.5 Å². The molecule has 0 radical (unpaired) electrons. The zero-order valence-electron chi connectivity index (χ0n) is 18.6. The van der Waals surface area contributed by atoms with Crippen LogP contribution in [0.1, 0.15) is 6.92 Å². The number of hydrogen-bond acceptors (Lipinski definition) is 7. The number of carboxylic acid groups (broad SMARTS) is 2. The summed E-state index contributed by atoms with van der Waals surface area (Å²) in [7, 11) is 1.73. The number of carbonyl (C=O) groups is 2. The van der Waals surface area contributed by atoms with Crippen molar-refractivity contribution in [2.24, 2.45) is 5.92 Å². The second-order valence-corrected chi connectivity index (χ2v) is 9.37. The van der Waals surface area contributed by atoms with Crippen molar-refractivity contribution < 1.29 is 29.3 Å². The molecule has 0 amide bonds. The molecule has 1 heterocycles. The molecule has 3 rings (SSSR count). The molecule has 1 aliphatic rings. The van der Waals surface area contributed by atoms with E-state index in [0.717, 1.165) is 36.2 Å². The number of fused-ring (bicyclic) bond motifs is 1. The minimum absolute atomic E-state index is 0.385. The first-order valence-corrected chi connectivity index (χ1v) is 12.3. The highest BCUT2D eigenvalue weighted by Crippen LogP contribution is 2.32. The molecule has 1 aliphatic heterocycles. The van der Waals surface area contributed by atoms with Gasteiger partial charge in [0.25, 0.3) is 0 Å². The highest BCUT2D eigenvalue weighted by Gasteiger charge is 2.18. The van der Waals surface area contributed by atoms with Gasteiger partial charge in [0.1, 0.15) is 18.1 Å². The summed E-state index contributed by atoms with van der Waals surface area (Å²) in [4.78, 5) is 21.6. The highest BCUT2D eigenvalue weighted by molar-refractivity contribution is 7.99. The molecule has 0 fully saturated rings. The molecule has 9 heteroatoms. The molecule has 0 unspecified atom stereocenters. The first kappa shape index (κ1) is 26.6. The van der Waals surface area contributed by atoms with E-state index in [2.05, 4.69) is 42.6 Å². The molecule has 0 aliphatic carbocycles. The van der Waals surface area contributed by atoms with Crippen molar-refractivity contribution in [1.82, 2.24) is 5.32 Å². The van der Waals surface area contributed by atoms with Crippen LogP contribution in [0.3, 0.4) is 0 Å². The fraction of sp³-hybridized carbons (Fsp3) is 0.333. The number of ether oxygens (including phenoxy) is 2. The normalized spacial score (nSPS) is 15.9. The van der Waals surface area contributed by atoms with E-state index in [1.165, 1.54) is 9.79 Å². The minimum atomic E-state index is -1.26. The van der Waals surface area contributed by atoms with Gasteiger partial charge in [0, 0.05) is 33.4 Å². The number of aliphatic carboxylic acids is 2. The van der Waals surface area contributed by atoms with Crippen molar-refractivity contribution in [3.05, 3.63) is 60.7 Å². The fourth-order valence-electron chi connectivity index (χ4n) is 2.77. The number of para-hydroxylation sites is 2. The standard InChI is InChI=1S/C20H25NO2S2.C4H4O4/c1-15(13-24-19-9-5-3-7-17(19)22-2)11-21-16-12-23-18-8-4-6-10-20(18)25-14-16;5-3(6)1-2-4(7)8/h3-10,15-16,21H,11-14H2,1-2H3;1-2H,(H,5,6)(H,7,8)/b;2-1+/t15-,16-;/m0./s1. The lowest BCUT2D eigenvalue weighted by Crippen LogP contribution is -2.39. The van der Waals surface area contributed by atoms with Crippen molar-refractivity contribution >= 4 is 35.5 Å². The molecule has 2 atom stereocenters. The van der Waals surface area contributed by atoms with Crippen LogP contribution < -0.4 is 14.8 Å². The average Bonchev–Trinajstić information content (AvgIpc) is 3.03. The quantitative estimate of drug-likeness (QED) is 0.350. The largest absolute Gasteiger partial charge is 0.496 e. The number of benzene rings is 2. The summed E-state index contributed by atoms with van der Waals surface area (Å²) in [6.07, 6.45) is 1.12. The molecular weight excluding hydrogens is 462 g/mol. The van der Waals surface area contributed by atoms with Crippen LogP contribution in [0, 0.1) is 5.92 Å². The minimum Gasteiger partial charge on any atom is -0.496 e. The van der Waals surface area contributed by atoms with E-state index in [-0.39, 0.29) is 0 Å². The number of thioether (sulfide) groups is 2. The van der Waals surface area contributed by atoms with Crippen molar-refractivity contribution in [3.63, 3.8) is 0 Å². The van der Waals surface area contributed by atoms with Gasteiger partial charge in [-0.25, -0.2) is 9.59 Å². The molecule has 0 bridgehead atoms. The van der Waals surface area contributed by atoms with Gasteiger partial charge in [-0.3, -0.25) is 0 Å². The molecule has 2 aromatic rings. The summed E-state index contributed by atoms with van der Waals surface area (Å²) in [5, 5.41) is 19.3. The first-order valence-electron chi connectivity index (χ1n) is 10.4. The topological polar surface area (TPSA) is 105 Å². The van der Waals surface area contributed by atoms with E-state index >= 15 is 0 Å². The number of methoxy groups -OCH3 is 1. The second kappa shape index (κ2) is 14.5. The van der Waals surface area contributed by atoms with E-state index in [9.17, 15) is 9.59 Å². The van der Waals surface area contributed by atoms with Crippen molar-refractivity contribution in [2.45, 2.75) is 22.8 Å². The van der Waals surface area contributed by atoms with Gasteiger partial charge in [-0.1, -0.05) is 31.2 Å². The zero-order chi connectivity index (χ0) is 24.1. The number of carboxylic acids is 2. The Bertz CT molecular complexity index is 894. The summed E-state index contributed by atoms with van der Waals surface area (Å²) in [5.74, 6) is 2.14. The Balaban J connectivity index is 0.000000414. The third-order valence-corrected chi connectivity index (χ3v) is 7.05. The van der Waals surface area contributed by atoms with Crippen molar-refractivity contribution in [1.29, 1.82) is 0 Å². The van der Waals surface area contributed by atoms with Gasteiger partial charge in [0.2, 0.25) is 0 Å². The van der Waals surface area contributed by atoms with Gasteiger partial charge >= 0.3 is 11.9 Å². The van der Waals surface area contributed by atoms with Crippen LogP contribution in [-0.2, 0) is 9.59 Å². The lowest BCUT2D eigenvalue weighted by Gasteiger charge is -2.19. The Labute approximate surface area is 202 Å². The van der Waals surface area contributed by atoms with Gasteiger partial charge < -0.3 is 25.0 Å². The highest BCUT2D eigenvalue weighted by atomic mass is 32.2. The molecule has 2 aromatic carbocycles. The monoisotopic (exact) mass is 491 g/mol. The number of nitrogens with one attached hydrogen (secondary N) is 1. The molecule has 0 saturated carbocycles. The average molecular weight is 492 g/mol.